The van der Waals surface area contributed by atoms with Gasteiger partial charge in [0.2, 0.25) is 0 Å². The number of hydrogen-bond donors (Lipinski definition) is 8. The fourth-order valence-corrected chi connectivity index (χ4v) is 2.84. The van der Waals surface area contributed by atoms with Gasteiger partial charge in [-0.1, -0.05) is 0 Å². The number of unbranched alkanes of at least 4 members (excludes halogenated alkanes) is 2. The van der Waals surface area contributed by atoms with Crippen LogP contribution in [0.3, 0.4) is 0 Å². The van der Waals surface area contributed by atoms with Gasteiger partial charge in [-0.25, -0.2) is 42.7 Å². The van der Waals surface area contributed by atoms with Crippen molar-refractivity contribution < 1.29 is 69.3 Å². The Bertz CT molecular complexity index is 437. The maximum atomic E-state index is 9.03. The Morgan fingerprint density at radius 3 is 0.822 bits per heavy atom. The summed E-state index contributed by atoms with van der Waals surface area (Å²) in [6, 6.07) is 0. The molecule has 0 bridgehead atoms. The molecule has 0 aliphatic carbocycles. The minimum absolute atomic E-state index is 0. The van der Waals surface area contributed by atoms with Crippen molar-refractivity contribution in [2.45, 2.75) is 50.7 Å². The summed E-state index contributed by atoms with van der Waals surface area (Å²) in [5.41, 5.74) is -1.55. The molecule has 17 heteroatoms. The summed E-state index contributed by atoms with van der Waals surface area (Å²) in [6.45, 7) is 0.689. The van der Waals surface area contributed by atoms with Gasteiger partial charge in [0.15, 0.2) is 0 Å². The van der Waals surface area contributed by atoms with Crippen molar-refractivity contribution in [3.05, 3.63) is 42.7 Å². The minimum atomic E-state index is -0.774. The molecular formula is C28H58O14Rf3-6. The average Bonchev–Trinajstić information content (AvgIpc) is 2.98. The third-order valence-electron chi connectivity index (χ3n) is 5.49. The minimum Gasteiger partial charge on any atom is -0.554 e. The van der Waals surface area contributed by atoms with Crippen molar-refractivity contribution in [1.29, 1.82) is 0 Å². The van der Waals surface area contributed by atoms with Crippen LogP contribution < -0.4 is 0 Å². The second-order valence-corrected chi connectivity index (χ2v) is 9.51. The predicted molar refractivity (Wildman–Crippen MR) is 155 cm³/mol. The molecule has 2 atom stereocenters. The SMILES string of the molecule is [CH2-]OCC(CO)(CO)CO[CH2-].[CH2-]OCC(CO)(CO)CO[CH2-].[CH2-]OCC(O)CCCCO.[CH2-]OCC(O)CCCCO.[Rf].[Rf].[Rf]. The normalized spacial score (nSPS) is 11.9. The van der Waals surface area contributed by atoms with Gasteiger partial charge in [0.1, 0.15) is 0 Å². The number of aliphatic hydroxyl groups excluding tert-OH is 8. The van der Waals surface area contributed by atoms with Crippen LogP contribution in [-0.4, -0.2) is 132 Å². The van der Waals surface area contributed by atoms with Crippen molar-refractivity contribution in [3.63, 3.8) is 0 Å². The first kappa shape index (κ1) is 57.1. The second kappa shape index (κ2) is 42.6. The third kappa shape index (κ3) is 36.5. The van der Waals surface area contributed by atoms with Gasteiger partial charge in [-0.3, -0.25) is 0 Å². The maximum absolute atomic E-state index is 9.03. The van der Waals surface area contributed by atoms with Crippen molar-refractivity contribution in [1.82, 2.24) is 0 Å². The fraction of sp³-hybridized carbons (Fsp3) is 0.786. The van der Waals surface area contributed by atoms with Gasteiger partial charge < -0.3 is 69.3 Å². The maximum Gasteiger partial charge on any atom is 0.0743 e. The molecule has 0 fully saturated rings. The molecule has 2 unspecified atom stereocenters. The Labute approximate surface area is 253 Å². The molecule has 266 valence electrons. The molecule has 0 radical (unpaired) electrons. The third-order valence-corrected chi connectivity index (χ3v) is 5.49. The molecule has 0 aliphatic rings. The zero-order valence-corrected chi connectivity index (χ0v) is 46.5. The first-order chi connectivity index (χ1) is 20.1. The Kier molecular flexibility index (Phi) is 54.1. The molecule has 0 amide bonds. The van der Waals surface area contributed by atoms with E-state index in [1.54, 1.807) is 0 Å². The molecular weight excluding hydrogens is 1360 g/mol. The van der Waals surface area contributed by atoms with Crippen LogP contribution in [0, 0.1) is 53.5 Å². The first-order valence-corrected chi connectivity index (χ1v) is 13.3. The van der Waals surface area contributed by atoms with E-state index in [0.29, 0.717) is 12.8 Å². The van der Waals surface area contributed by atoms with E-state index in [4.69, 9.17) is 40.9 Å². The van der Waals surface area contributed by atoms with Crippen molar-refractivity contribution in [2.75, 3.05) is 79.3 Å². The zero-order chi connectivity index (χ0) is 33.1. The smallest absolute Gasteiger partial charge is 0.0743 e. The summed E-state index contributed by atoms with van der Waals surface area (Å²) in [7, 11) is 18.9. The van der Waals surface area contributed by atoms with E-state index in [1.807, 2.05) is 0 Å². The van der Waals surface area contributed by atoms with E-state index in [9.17, 15) is 0 Å². The molecule has 0 aliphatic heterocycles. The van der Waals surface area contributed by atoms with Gasteiger partial charge in [0.05, 0.1) is 49.5 Å². The van der Waals surface area contributed by atoms with Crippen LogP contribution in [0.4, 0.5) is 0 Å². The predicted octanol–water partition coefficient (Wildman–Crippen LogP) is -0.216. The molecule has 0 spiro atoms. The summed E-state index contributed by atoms with van der Waals surface area (Å²) in [5, 5.41) is 70.3. The molecule has 45 heavy (non-hydrogen) atoms. The summed E-state index contributed by atoms with van der Waals surface area (Å²) in [6.07, 6.45) is 3.66. The van der Waals surface area contributed by atoms with Crippen LogP contribution in [0.15, 0.2) is 0 Å². The van der Waals surface area contributed by atoms with Gasteiger partial charge in [0.25, 0.3) is 0 Å². The van der Waals surface area contributed by atoms with E-state index in [2.05, 4.69) is 71.1 Å². The second-order valence-electron chi connectivity index (χ2n) is 9.51. The van der Waals surface area contributed by atoms with Crippen LogP contribution in [0.25, 0.3) is 0 Å². The molecule has 0 saturated heterocycles. The zero-order valence-electron chi connectivity index (χ0n) is 27.3. The number of aliphatic hydroxyl groups is 8. The molecule has 0 saturated carbocycles. The van der Waals surface area contributed by atoms with Gasteiger partial charge in [-0.05, 0) is 38.5 Å². The van der Waals surface area contributed by atoms with Gasteiger partial charge in [-0.2, -0.15) is 0 Å². The molecule has 0 aromatic carbocycles. The Morgan fingerprint density at radius 2 is 0.667 bits per heavy atom. The molecule has 8 N–H and O–H groups in total. The molecule has 0 rings (SSSR count). The Balaban J connectivity index is -0.0000000838. The van der Waals surface area contributed by atoms with Crippen LogP contribution in [-0.2, 0) is 28.4 Å². The Hall–Kier alpha value is -3.56. The summed E-state index contributed by atoms with van der Waals surface area (Å²) in [5.74, 6) is 0. The van der Waals surface area contributed by atoms with Crippen molar-refractivity contribution in [3.8, 4) is 0 Å². The summed E-state index contributed by atoms with van der Waals surface area (Å²) >= 11 is 0. The van der Waals surface area contributed by atoms with E-state index in [-0.39, 0.29) is 79.3 Å². The molecule has 0 aromatic rings. The molecule has 14 nitrogen and oxygen atoms in total. The van der Waals surface area contributed by atoms with Crippen LogP contribution >= 0.6 is 0 Å². The van der Waals surface area contributed by atoms with Gasteiger partial charge in [0, 0.05) is 52.9 Å². The number of ether oxygens (including phenoxy) is 6. The summed E-state index contributed by atoms with van der Waals surface area (Å²) < 4.78 is 27.2. The van der Waals surface area contributed by atoms with E-state index in [1.165, 1.54) is 0 Å². The number of hydrogen-bond acceptors (Lipinski definition) is 14. The van der Waals surface area contributed by atoms with Gasteiger partial charge >= 0.3 is 0 Å². The van der Waals surface area contributed by atoms with Crippen LogP contribution in [0.5, 0.6) is 0 Å². The number of rotatable bonds is 24. The monoisotopic (exact) mass is 1420 g/mol. The first-order valence-electron chi connectivity index (χ1n) is 13.3. The largest absolute Gasteiger partial charge is 0.554 e. The van der Waals surface area contributed by atoms with Crippen molar-refractivity contribution >= 4 is 0 Å². The van der Waals surface area contributed by atoms with Gasteiger partial charge in [-0.15, -0.1) is 0 Å². The van der Waals surface area contributed by atoms with Crippen LogP contribution in [0.1, 0.15) is 38.5 Å². The molecule has 0 aromatic heterocycles. The summed E-state index contributed by atoms with van der Waals surface area (Å²) in [4.78, 5) is 0. The quantitative estimate of drug-likeness (QED) is 0.0464. The van der Waals surface area contributed by atoms with Crippen LogP contribution in [0.2, 0.25) is 0 Å². The van der Waals surface area contributed by atoms with E-state index in [0.717, 1.165) is 25.7 Å². The van der Waals surface area contributed by atoms with E-state index < -0.39 is 23.0 Å². The van der Waals surface area contributed by atoms with Crippen molar-refractivity contribution in [2.24, 2.45) is 10.8 Å². The topological polar surface area (TPSA) is 217 Å². The Morgan fingerprint density at radius 1 is 0.422 bits per heavy atom. The fourth-order valence-electron chi connectivity index (χ4n) is 2.84. The average molecular weight is 1420 g/mol. The standard InChI is InChI=1S/2C7H14O4.2C7H15O3.3Rf/c2*1-10-5-7(3-8,4-9)6-11-2;2*1-10-6-7(9)4-2-3-5-8;;;/h2*8-9H,1-6H2;2*7-9H,1-6H2;;;/q2*-2;2*-1;;;. The molecule has 0 heterocycles. The van der Waals surface area contributed by atoms with E-state index >= 15 is 0 Å².